The minimum Gasteiger partial charge on any atom is -0.352 e. The molecule has 3 nitrogen and oxygen atoms in total. The van der Waals surface area contributed by atoms with Gasteiger partial charge in [-0.2, -0.15) is 0 Å². The summed E-state index contributed by atoms with van der Waals surface area (Å²) in [5.74, 6) is 0.765. The third-order valence-electron chi connectivity index (χ3n) is 2.17. The Balaban J connectivity index is 2.34. The number of nitrogens with zero attached hydrogens (tertiary/aromatic N) is 1. The monoisotopic (exact) mass is 199 g/mol. The fourth-order valence-corrected chi connectivity index (χ4v) is 1.38. The van der Waals surface area contributed by atoms with Crippen molar-refractivity contribution in [2.24, 2.45) is 5.73 Å². The lowest BCUT2D eigenvalue weighted by Gasteiger charge is -2.10. The molecule has 3 N–H and O–H groups in total. The number of fused-ring (bicyclic) bond motifs is 1. The summed E-state index contributed by atoms with van der Waals surface area (Å²) in [4.78, 5) is 4.42. The second-order valence-electron chi connectivity index (χ2n) is 3.30. The highest BCUT2D eigenvalue weighted by molar-refractivity contribution is 5.80. The van der Waals surface area contributed by atoms with Crippen LogP contribution in [0.15, 0.2) is 49.1 Å². The molecule has 1 aromatic heterocycles. The lowest BCUT2D eigenvalue weighted by Crippen LogP contribution is -2.26. The zero-order chi connectivity index (χ0) is 10.7. The van der Waals surface area contributed by atoms with E-state index >= 15 is 0 Å². The van der Waals surface area contributed by atoms with Crippen LogP contribution in [-0.2, 0) is 0 Å². The first-order valence-corrected chi connectivity index (χ1v) is 4.80. The summed E-state index contributed by atoms with van der Waals surface area (Å²) in [5.41, 5.74) is 6.64. The number of hydrogen-bond donors (Lipinski definition) is 2. The number of rotatable bonds is 3. The molecular formula is C12H13N3. The molecule has 0 radical (unpaired) electrons. The maximum absolute atomic E-state index is 5.68. The number of anilines is 1. The van der Waals surface area contributed by atoms with Crippen molar-refractivity contribution < 1.29 is 0 Å². The van der Waals surface area contributed by atoms with E-state index in [9.17, 15) is 0 Å². The molecule has 0 amide bonds. The Morgan fingerprint density at radius 1 is 1.27 bits per heavy atom. The van der Waals surface area contributed by atoms with Crippen molar-refractivity contribution in [2.75, 3.05) is 5.32 Å². The van der Waals surface area contributed by atoms with Gasteiger partial charge < -0.3 is 11.1 Å². The average molecular weight is 199 g/mol. The second-order valence-corrected chi connectivity index (χ2v) is 3.30. The molecule has 0 saturated carbocycles. The van der Waals surface area contributed by atoms with Gasteiger partial charge in [-0.05, 0) is 18.2 Å². The largest absolute Gasteiger partial charge is 0.352 e. The molecule has 0 aliphatic rings. The van der Waals surface area contributed by atoms with Gasteiger partial charge in [0.05, 0.1) is 11.7 Å². The Kier molecular flexibility index (Phi) is 2.65. The maximum atomic E-state index is 5.68. The molecule has 0 fully saturated rings. The normalized spacial score (nSPS) is 12.3. The van der Waals surface area contributed by atoms with Gasteiger partial charge in [-0.15, -0.1) is 0 Å². The van der Waals surface area contributed by atoms with Gasteiger partial charge in [0, 0.05) is 5.39 Å². The van der Waals surface area contributed by atoms with Crippen LogP contribution in [0, 0.1) is 0 Å². The Morgan fingerprint density at radius 3 is 2.87 bits per heavy atom. The number of aromatic nitrogens is 1. The molecule has 0 aliphatic carbocycles. The smallest absolute Gasteiger partial charge is 0.128 e. The number of nitrogens with one attached hydrogen (secondary N) is 1. The summed E-state index contributed by atoms with van der Waals surface area (Å²) >= 11 is 0. The first kappa shape index (κ1) is 9.68. The lowest BCUT2D eigenvalue weighted by molar-refractivity contribution is 0.935. The second kappa shape index (κ2) is 4.11. The van der Waals surface area contributed by atoms with Gasteiger partial charge in [0.15, 0.2) is 0 Å². The minimum absolute atomic E-state index is 0.265. The highest BCUT2D eigenvalue weighted by atomic mass is 15.1. The van der Waals surface area contributed by atoms with Gasteiger partial charge in [-0.3, -0.25) is 0 Å². The summed E-state index contributed by atoms with van der Waals surface area (Å²) in [5, 5.41) is 4.15. The maximum Gasteiger partial charge on any atom is 0.128 e. The molecule has 1 aromatic carbocycles. The van der Waals surface area contributed by atoms with Crippen LogP contribution in [0.2, 0.25) is 0 Å². The third kappa shape index (κ3) is 2.14. The van der Waals surface area contributed by atoms with Crippen LogP contribution < -0.4 is 11.1 Å². The van der Waals surface area contributed by atoms with Crippen molar-refractivity contribution >= 4 is 16.7 Å². The number of para-hydroxylation sites is 1. The highest BCUT2D eigenvalue weighted by Gasteiger charge is 1.99. The van der Waals surface area contributed by atoms with Crippen LogP contribution in [0.4, 0.5) is 5.82 Å². The zero-order valence-electron chi connectivity index (χ0n) is 8.35. The lowest BCUT2D eigenvalue weighted by atomic mass is 10.2. The summed E-state index contributed by atoms with van der Waals surface area (Å²) in [6, 6.07) is 11.9. The van der Waals surface area contributed by atoms with E-state index in [1.54, 1.807) is 6.08 Å². The van der Waals surface area contributed by atoms with Crippen molar-refractivity contribution in [1.82, 2.24) is 4.98 Å². The Bertz CT molecular complexity index is 479. The molecule has 0 saturated heterocycles. The molecule has 0 spiro atoms. The molecule has 1 heterocycles. The van der Waals surface area contributed by atoms with E-state index in [1.807, 2.05) is 36.4 Å². The topological polar surface area (TPSA) is 50.9 Å². The Morgan fingerprint density at radius 2 is 2.07 bits per heavy atom. The molecule has 15 heavy (non-hydrogen) atoms. The van der Waals surface area contributed by atoms with Crippen LogP contribution in [0.25, 0.3) is 10.9 Å². The van der Waals surface area contributed by atoms with Crippen molar-refractivity contribution in [3.8, 4) is 0 Å². The Hall–Kier alpha value is -1.87. The summed E-state index contributed by atoms with van der Waals surface area (Å²) in [6.07, 6.45) is 1.37. The summed E-state index contributed by atoms with van der Waals surface area (Å²) in [7, 11) is 0. The van der Waals surface area contributed by atoms with E-state index in [2.05, 4.69) is 16.9 Å². The molecule has 0 aliphatic heterocycles. The van der Waals surface area contributed by atoms with Crippen LogP contribution in [0.1, 0.15) is 0 Å². The van der Waals surface area contributed by atoms with Gasteiger partial charge in [-0.25, -0.2) is 4.98 Å². The number of nitrogens with two attached hydrogens (primary N) is 1. The standard InChI is InChI=1S/C12H13N3/c1-2-11(13)15-12-8-7-9-5-3-4-6-10(9)14-12/h2-8,11H,1,13H2,(H,14,15). The van der Waals surface area contributed by atoms with Crippen molar-refractivity contribution in [3.63, 3.8) is 0 Å². The van der Waals surface area contributed by atoms with Gasteiger partial charge >= 0.3 is 0 Å². The number of hydrogen-bond acceptors (Lipinski definition) is 3. The Labute approximate surface area is 88.6 Å². The van der Waals surface area contributed by atoms with E-state index in [0.29, 0.717) is 0 Å². The fraction of sp³-hybridized carbons (Fsp3) is 0.0833. The molecule has 0 bridgehead atoms. The van der Waals surface area contributed by atoms with E-state index < -0.39 is 0 Å². The summed E-state index contributed by atoms with van der Waals surface area (Å²) in [6.45, 7) is 3.60. The quantitative estimate of drug-likeness (QED) is 0.588. The van der Waals surface area contributed by atoms with Gasteiger partial charge in [0.2, 0.25) is 0 Å². The molecule has 1 unspecified atom stereocenters. The zero-order valence-corrected chi connectivity index (χ0v) is 8.35. The van der Waals surface area contributed by atoms with Crippen molar-refractivity contribution in [2.45, 2.75) is 6.17 Å². The molecular weight excluding hydrogens is 186 g/mol. The van der Waals surface area contributed by atoms with Crippen LogP contribution in [0.3, 0.4) is 0 Å². The van der Waals surface area contributed by atoms with Gasteiger partial charge in [0.1, 0.15) is 5.82 Å². The molecule has 1 atom stereocenters. The van der Waals surface area contributed by atoms with Gasteiger partial charge in [0.25, 0.3) is 0 Å². The average Bonchev–Trinajstić information content (AvgIpc) is 2.29. The predicted octanol–water partition coefficient (Wildman–Crippen LogP) is 2.12. The molecule has 76 valence electrons. The van der Waals surface area contributed by atoms with Crippen molar-refractivity contribution in [1.29, 1.82) is 0 Å². The summed E-state index contributed by atoms with van der Waals surface area (Å²) < 4.78 is 0. The van der Waals surface area contributed by atoms with Crippen LogP contribution in [0.5, 0.6) is 0 Å². The van der Waals surface area contributed by atoms with E-state index in [1.165, 1.54) is 0 Å². The predicted molar refractivity (Wildman–Crippen MR) is 63.5 cm³/mol. The number of benzene rings is 1. The first-order valence-electron chi connectivity index (χ1n) is 4.80. The SMILES string of the molecule is C=CC(N)Nc1ccc2ccccc2n1. The third-order valence-corrected chi connectivity index (χ3v) is 2.17. The highest BCUT2D eigenvalue weighted by Crippen LogP contribution is 2.14. The molecule has 3 heteroatoms. The molecule has 2 rings (SSSR count). The van der Waals surface area contributed by atoms with E-state index in [0.717, 1.165) is 16.7 Å². The van der Waals surface area contributed by atoms with Crippen molar-refractivity contribution in [3.05, 3.63) is 49.1 Å². The van der Waals surface area contributed by atoms with Gasteiger partial charge in [-0.1, -0.05) is 30.9 Å². The minimum atomic E-state index is -0.265. The van der Waals surface area contributed by atoms with Crippen LogP contribution >= 0.6 is 0 Å². The number of pyridine rings is 1. The van der Waals surface area contributed by atoms with E-state index in [-0.39, 0.29) is 6.17 Å². The molecule has 2 aromatic rings. The fourth-order valence-electron chi connectivity index (χ4n) is 1.38. The first-order chi connectivity index (χ1) is 7.29. The van der Waals surface area contributed by atoms with E-state index in [4.69, 9.17) is 5.73 Å². The van der Waals surface area contributed by atoms with Crippen LogP contribution in [-0.4, -0.2) is 11.1 Å².